The highest BCUT2D eigenvalue weighted by Crippen LogP contribution is 2.16. The fourth-order valence-electron chi connectivity index (χ4n) is 3.34. The van der Waals surface area contributed by atoms with Gasteiger partial charge in [0, 0.05) is 30.4 Å². The third-order valence-electron chi connectivity index (χ3n) is 4.81. The first kappa shape index (κ1) is 22.6. The fraction of sp³-hybridized carbons (Fsp3) is 0.417. The minimum absolute atomic E-state index is 0.0434. The summed E-state index contributed by atoms with van der Waals surface area (Å²) in [4.78, 5) is 26.8. The van der Waals surface area contributed by atoms with Gasteiger partial charge >= 0.3 is 0 Å². The van der Waals surface area contributed by atoms with Crippen LogP contribution in [0.25, 0.3) is 0 Å². The molecule has 0 saturated carbocycles. The maximum atomic E-state index is 12.6. The Bertz CT molecular complexity index is 753. The fourth-order valence-corrected chi connectivity index (χ4v) is 3.34. The molecular formula is C24H33N3O2. The van der Waals surface area contributed by atoms with Crippen molar-refractivity contribution in [1.82, 2.24) is 10.2 Å². The predicted octanol–water partition coefficient (Wildman–Crippen LogP) is 4.63. The van der Waals surface area contributed by atoms with Crippen molar-refractivity contribution in [3.63, 3.8) is 0 Å². The summed E-state index contributed by atoms with van der Waals surface area (Å²) in [7, 11) is 0. The Balaban J connectivity index is 1.90. The van der Waals surface area contributed by atoms with Crippen LogP contribution in [-0.2, 0) is 4.79 Å². The molecule has 0 heterocycles. The number of rotatable bonds is 11. The highest BCUT2D eigenvalue weighted by atomic mass is 16.2. The zero-order valence-electron chi connectivity index (χ0n) is 17.8. The Morgan fingerprint density at radius 1 is 0.897 bits per heavy atom. The quantitative estimate of drug-likeness (QED) is 0.583. The first-order valence-corrected chi connectivity index (χ1v) is 10.6. The molecule has 0 fully saturated rings. The summed E-state index contributed by atoms with van der Waals surface area (Å²) in [5.41, 5.74) is 2.52. The van der Waals surface area contributed by atoms with Gasteiger partial charge < -0.3 is 15.5 Å². The van der Waals surface area contributed by atoms with Crippen LogP contribution in [0.4, 0.5) is 5.69 Å². The molecule has 0 bridgehead atoms. The van der Waals surface area contributed by atoms with Gasteiger partial charge in [-0.05, 0) is 49.1 Å². The third-order valence-corrected chi connectivity index (χ3v) is 4.81. The molecule has 2 amide bonds. The van der Waals surface area contributed by atoms with Gasteiger partial charge in [0.15, 0.2) is 0 Å². The van der Waals surface area contributed by atoms with Gasteiger partial charge in [-0.2, -0.15) is 0 Å². The molecule has 156 valence electrons. The Morgan fingerprint density at radius 3 is 2.07 bits per heavy atom. The van der Waals surface area contributed by atoms with Gasteiger partial charge in [-0.3, -0.25) is 9.59 Å². The Labute approximate surface area is 174 Å². The van der Waals surface area contributed by atoms with Gasteiger partial charge in [0.1, 0.15) is 0 Å². The molecule has 2 N–H and O–H groups in total. The van der Waals surface area contributed by atoms with Crippen molar-refractivity contribution >= 4 is 17.5 Å². The Hall–Kier alpha value is -2.66. The molecule has 0 spiro atoms. The SMILES string of the molecule is CCCN(CCC)C(=O)c1ccc(NC(=O)CNC(CC)c2ccccc2)cc1. The Morgan fingerprint density at radius 2 is 1.52 bits per heavy atom. The van der Waals surface area contributed by atoms with Crippen LogP contribution in [0, 0.1) is 0 Å². The van der Waals surface area contributed by atoms with Crippen LogP contribution in [0.2, 0.25) is 0 Å². The van der Waals surface area contributed by atoms with E-state index < -0.39 is 0 Å². The van der Waals surface area contributed by atoms with Crippen molar-refractivity contribution in [2.75, 3.05) is 25.0 Å². The molecule has 0 saturated heterocycles. The second kappa shape index (κ2) is 12.0. The molecule has 2 aromatic rings. The molecular weight excluding hydrogens is 362 g/mol. The monoisotopic (exact) mass is 395 g/mol. The van der Waals surface area contributed by atoms with E-state index in [1.54, 1.807) is 24.3 Å². The number of hydrogen-bond acceptors (Lipinski definition) is 3. The normalized spacial score (nSPS) is 11.7. The average molecular weight is 396 g/mol. The summed E-state index contributed by atoms with van der Waals surface area (Å²) in [6.45, 7) is 7.99. The van der Waals surface area contributed by atoms with Crippen LogP contribution in [0.15, 0.2) is 54.6 Å². The largest absolute Gasteiger partial charge is 0.339 e. The zero-order chi connectivity index (χ0) is 21.1. The Kier molecular flexibility index (Phi) is 9.38. The molecule has 5 heteroatoms. The number of carbonyl (C=O) groups is 2. The third kappa shape index (κ3) is 7.02. The maximum Gasteiger partial charge on any atom is 0.253 e. The molecule has 0 aromatic heterocycles. The number of benzene rings is 2. The minimum Gasteiger partial charge on any atom is -0.339 e. The number of amides is 2. The molecule has 5 nitrogen and oxygen atoms in total. The van der Waals surface area contributed by atoms with Crippen molar-refractivity contribution in [3.8, 4) is 0 Å². The van der Waals surface area contributed by atoms with Crippen molar-refractivity contribution in [2.45, 2.75) is 46.1 Å². The highest BCUT2D eigenvalue weighted by molar-refractivity contribution is 5.96. The van der Waals surface area contributed by atoms with Crippen LogP contribution in [-0.4, -0.2) is 36.3 Å². The van der Waals surface area contributed by atoms with Crippen LogP contribution in [0.1, 0.15) is 62.0 Å². The number of nitrogens with zero attached hydrogens (tertiary/aromatic N) is 1. The van der Waals surface area contributed by atoms with E-state index in [0.29, 0.717) is 11.3 Å². The lowest BCUT2D eigenvalue weighted by Gasteiger charge is -2.21. The maximum absolute atomic E-state index is 12.6. The summed E-state index contributed by atoms with van der Waals surface area (Å²) in [5.74, 6) is -0.0565. The second-order valence-electron chi connectivity index (χ2n) is 7.17. The van der Waals surface area contributed by atoms with E-state index in [9.17, 15) is 9.59 Å². The molecule has 0 aliphatic rings. The van der Waals surface area contributed by atoms with E-state index >= 15 is 0 Å². The minimum atomic E-state index is -0.1000. The van der Waals surface area contributed by atoms with Gasteiger partial charge in [-0.25, -0.2) is 0 Å². The molecule has 0 radical (unpaired) electrons. The van der Waals surface area contributed by atoms with Crippen molar-refractivity contribution in [2.24, 2.45) is 0 Å². The zero-order valence-corrected chi connectivity index (χ0v) is 17.8. The molecule has 1 unspecified atom stereocenters. The van der Waals surface area contributed by atoms with Gasteiger partial charge in [0.2, 0.25) is 5.91 Å². The van der Waals surface area contributed by atoms with Crippen molar-refractivity contribution in [3.05, 3.63) is 65.7 Å². The van der Waals surface area contributed by atoms with Gasteiger partial charge in [-0.15, -0.1) is 0 Å². The number of carbonyl (C=O) groups excluding carboxylic acids is 2. The van der Waals surface area contributed by atoms with E-state index in [2.05, 4.69) is 43.5 Å². The van der Waals surface area contributed by atoms with Crippen molar-refractivity contribution in [1.29, 1.82) is 0 Å². The number of nitrogens with one attached hydrogen (secondary N) is 2. The van der Waals surface area contributed by atoms with E-state index in [0.717, 1.165) is 32.4 Å². The lowest BCUT2D eigenvalue weighted by atomic mass is 10.0. The van der Waals surface area contributed by atoms with E-state index in [1.807, 2.05) is 23.1 Å². The first-order valence-electron chi connectivity index (χ1n) is 10.6. The summed E-state index contributed by atoms with van der Waals surface area (Å²) in [5, 5.41) is 6.20. The van der Waals surface area contributed by atoms with Crippen LogP contribution < -0.4 is 10.6 Å². The summed E-state index contributed by atoms with van der Waals surface area (Å²) in [6, 6.07) is 17.4. The lowest BCUT2D eigenvalue weighted by Crippen LogP contribution is -2.32. The van der Waals surface area contributed by atoms with E-state index in [4.69, 9.17) is 0 Å². The van der Waals surface area contributed by atoms with E-state index in [-0.39, 0.29) is 24.4 Å². The summed E-state index contributed by atoms with van der Waals surface area (Å²) in [6.07, 6.45) is 2.78. The summed E-state index contributed by atoms with van der Waals surface area (Å²) < 4.78 is 0. The molecule has 2 rings (SSSR count). The van der Waals surface area contributed by atoms with Gasteiger partial charge in [-0.1, -0.05) is 51.1 Å². The van der Waals surface area contributed by atoms with E-state index in [1.165, 1.54) is 5.56 Å². The molecule has 29 heavy (non-hydrogen) atoms. The predicted molar refractivity (Wildman–Crippen MR) is 119 cm³/mol. The highest BCUT2D eigenvalue weighted by Gasteiger charge is 2.14. The lowest BCUT2D eigenvalue weighted by molar-refractivity contribution is -0.115. The number of hydrogen-bond donors (Lipinski definition) is 2. The van der Waals surface area contributed by atoms with Gasteiger partial charge in [0.05, 0.1) is 6.54 Å². The topological polar surface area (TPSA) is 61.4 Å². The van der Waals surface area contributed by atoms with Crippen LogP contribution in [0.5, 0.6) is 0 Å². The number of anilines is 1. The van der Waals surface area contributed by atoms with Gasteiger partial charge in [0.25, 0.3) is 5.91 Å². The smallest absolute Gasteiger partial charge is 0.253 e. The molecule has 2 aromatic carbocycles. The molecule has 0 aliphatic heterocycles. The van der Waals surface area contributed by atoms with Crippen molar-refractivity contribution < 1.29 is 9.59 Å². The molecule has 1 atom stereocenters. The first-order chi connectivity index (χ1) is 14.1. The molecule has 0 aliphatic carbocycles. The average Bonchev–Trinajstić information content (AvgIpc) is 2.75. The second-order valence-corrected chi connectivity index (χ2v) is 7.17. The summed E-state index contributed by atoms with van der Waals surface area (Å²) >= 11 is 0. The standard InChI is InChI=1S/C24H33N3O2/c1-4-16-27(17-5-2)24(29)20-12-14-21(15-13-20)26-23(28)18-25-22(6-3)19-10-8-7-9-11-19/h7-15,22,25H,4-6,16-18H2,1-3H3,(H,26,28). The van der Waals surface area contributed by atoms with Crippen LogP contribution in [0.3, 0.4) is 0 Å². The van der Waals surface area contributed by atoms with Crippen LogP contribution >= 0.6 is 0 Å².